The Bertz CT molecular complexity index is 1430. The van der Waals surface area contributed by atoms with Crippen molar-refractivity contribution < 1.29 is 14.3 Å². The van der Waals surface area contributed by atoms with E-state index < -0.39 is 22.8 Å². The Morgan fingerprint density at radius 3 is 2.54 bits per heavy atom. The smallest absolute Gasteiger partial charge is 0.341 e. The summed E-state index contributed by atoms with van der Waals surface area (Å²) in [4.78, 5) is 24.7. The van der Waals surface area contributed by atoms with Gasteiger partial charge < -0.3 is 26.0 Å². The Labute approximate surface area is 228 Å². The number of fused-ring (bicyclic) bond motifs is 1. The van der Waals surface area contributed by atoms with Crippen LogP contribution in [0.25, 0.3) is 10.9 Å². The van der Waals surface area contributed by atoms with Gasteiger partial charge in [0.2, 0.25) is 5.43 Å². The van der Waals surface area contributed by atoms with E-state index in [1.807, 2.05) is 13.8 Å². The molecule has 0 bridgehead atoms. The molecule has 0 radical (unpaired) electrons. The van der Waals surface area contributed by atoms with Crippen LogP contribution in [0.5, 0.6) is 0 Å². The van der Waals surface area contributed by atoms with Gasteiger partial charge in [0, 0.05) is 35.8 Å². The number of rotatable bonds is 9. The molecule has 0 unspecified atom stereocenters. The second kappa shape index (κ2) is 10.6. The van der Waals surface area contributed by atoms with Crippen LogP contribution >= 0.6 is 0 Å². The first-order valence-corrected chi connectivity index (χ1v) is 14.1. The summed E-state index contributed by atoms with van der Waals surface area (Å²) < 4.78 is 17.4. The van der Waals surface area contributed by atoms with Crippen LogP contribution in [0.3, 0.4) is 0 Å². The number of hydrogen-bond donors (Lipinski definition) is 4. The van der Waals surface area contributed by atoms with Crippen LogP contribution in [0.1, 0.15) is 93.6 Å². The number of pyridine rings is 1. The molecule has 3 aromatic rings. The highest BCUT2D eigenvalue weighted by Gasteiger charge is 2.42. The van der Waals surface area contributed by atoms with Gasteiger partial charge in [-0.15, -0.1) is 0 Å². The van der Waals surface area contributed by atoms with Crippen molar-refractivity contribution in [2.75, 3.05) is 11.1 Å². The van der Waals surface area contributed by atoms with Gasteiger partial charge in [-0.3, -0.25) is 4.79 Å². The minimum Gasteiger partial charge on any atom is -0.477 e. The number of aromatic nitrogens is 1. The van der Waals surface area contributed by atoms with Gasteiger partial charge >= 0.3 is 5.97 Å². The normalized spacial score (nSPS) is 24.7. The van der Waals surface area contributed by atoms with Gasteiger partial charge in [0.05, 0.1) is 22.3 Å². The molecule has 5 rings (SSSR count). The number of nitrogens with zero attached hydrogens (tertiary/aromatic N) is 1. The van der Waals surface area contributed by atoms with Gasteiger partial charge in [0.15, 0.2) is 5.82 Å². The fraction of sp³-hybridized carbons (Fsp3) is 0.484. The molecule has 2 atom stereocenters. The van der Waals surface area contributed by atoms with Crippen LogP contribution in [0.2, 0.25) is 0 Å². The van der Waals surface area contributed by atoms with E-state index in [9.17, 15) is 14.7 Å². The topological polar surface area (TPSA) is 109 Å². The quantitative estimate of drug-likeness (QED) is 0.249. The molecule has 5 N–H and O–H groups in total. The van der Waals surface area contributed by atoms with Crippen LogP contribution in [0.15, 0.2) is 47.4 Å². The number of carbonyl (C=O) groups is 1. The van der Waals surface area contributed by atoms with E-state index in [0.717, 1.165) is 38.5 Å². The molecule has 0 spiro atoms. The number of nitrogen functional groups attached to an aromatic ring is 1. The van der Waals surface area contributed by atoms with E-state index in [1.165, 1.54) is 18.2 Å². The fourth-order valence-electron chi connectivity index (χ4n) is 6.47. The summed E-state index contributed by atoms with van der Waals surface area (Å²) >= 11 is 0. The lowest BCUT2D eigenvalue weighted by Crippen LogP contribution is -2.47. The number of aromatic carboxylic acids is 1. The Hall–Kier alpha value is -3.39. The molecular formula is C31H39FN4O3. The van der Waals surface area contributed by atoms with E-state index >= 15 is 4.39 Å². The van der Waals surface area contributed by atoms with Crippen LogP contribution in [0, 0.1) is 5.82 Å². The Kier molecular flexibility index (Phi) is 7.42. The summed E-state index contributed by atoms with van der Waals surface area (Å²) in [5.41, 5.74) is 6.53. The third kappa shape index (κ3) is 5.26. The molecule has 1 heterocycles. The molecule has 7 nitrogen and oxygen atoms in total. The predicted octanol–water partition coefficient (Wildman–Crippen LogP) is 6.04. The molecule has 2 saturated carbocycles. The van der Waals surface area contributed by atoms with Crippen molar-refractivity contribution in [3.8, 4) is 0 Å². The molecule has 1 aromatic heterocycles. The van der Waals surface area contributed by atoms with Crippen molar-refractivity contribution in [3.05, 3.63) is 69.8 Å². The summed E-state index contributed by atoms with van der Waals surface area (Å²) in [7, 11) is 0. The van der Waals surface area contributed by atoms with Gasteiger partial charge in [-0.25, -0.2) is 9.18 Å². The van der Waals surface area contributed by atoms with Crippen LogP contribution in [-0.2, 0) is 0 Å². The van der Waals surface area contributed by atoms with Crippen molar-refractivity contribution >= 4 is 28.2 Å². The lowest BCUT2D eigenvalue weighted by atomic mass is 9.76. The summed E-state index contributed by atoms with van der Waals surface area (Å²) in [6.45, 7) is 5.91. The van der Waals surface area contributed by atoms with Crippen molar-refractivity contribution in [2.24, 2.45) is 0 Å². The van der Waals surface area contributed by atoms with Gasteiger partial charge in [0.1, 0.15) is 5.56 Å². The predicted molar refractivity (Wildman–Crippen MR) is 154 cm³/mol. The number of nitrogens with one attached hydrogen (secondary N) is 2. The highest BCUT2D eigenvalue weighted by molar-refractivity contribution is 5.99. The Balaban J connectivity index is 1.38. The lowest BCUT2D eigenvalue weighted by Gasteiger charge is -2.42. The molecule has 2 fully saturated rings. The van der Waals surface area contributed by atoms with Crippen LogP contribution in [-0.4, -0.2) is 33.3 Å². The van der Waals surface area contributed by atoms with Crippen molar-refractivity contribution in [2.45, 2.75) is 95.3 Å². The van der Waals surface area contributed by atoms with Gasteiger partial charge in [-0.05, 0) is 64.0 Å². The lowest BCUT2D eigenvalue weighted by molar-refractivity contribution is 0.0694. The largest absolute Gasteiger partial charge is 0.477 e. The molecule has 0 amide bonds. The molecule has 2 aliphatic carbocycles. The summed E-state index contributed by atoms with van der Waals surface area (Å²) in [6, 6.07) is 13.1. The molecule has 0 aliphatic heterocycles. The average Bonchev–Trinajstić information content (AvgIpc) is 3.68. The molecule has 0 saturated heterocycles. The summed E-state index contributed by atoms with van der Waals surface area (Å²) in [5.74, 6) is -1.47. The summed E-state index contributed by atoms with van der Waals surface area (Å²) in [6.07, 6.45) is 8.12. The van der Waals surface area contributed by atoms with Gasteiger partial charge in [0.25, 0.3) is 0 Å². The molecule has 2 aromatic carbocycles. The maximum atomic E-state index is 15.7. The first-order valence-electron chi connectivity index (χ1n) is 14.1. The Morgan fingerprint density at radius 2 is 1.92 bits per heavy atom. The zero-order valence-corrected chi connectivity index (χ0v) is 23.0. The SMILES string of the molecule is CCC[C@]1(Nc2cc3c(c(N)c2F)c(=O)c(C(=O)O)cn3C(C)C)CC[C@H](N[C@H]2C[C@@H]2c2ccccc2)CC1. The zero-order valence-electron chi connectivity index (χ0n) is 23.0. The fourth-order valence-corrected chi connectivity index (χ4v) is 6.47. The van der Waals surface area contributed by atoms with E-state index in [4.69, 9.17) is 5.73 Å². The second-order valence-electron chi connectivity index (χ2n) is 11.7. The number of hydrogen-bond acceptors (Lipinski definition) is 5. The molecular weight excluding hydrogens is 495 g/mol. The van der Waals surface area contributed by atoms with E-state index in [2.05, 4.69) is 47.9 Å². The minimum atomic E-state index is -1.35. The van der Waals surface area contributed by atoms with Crippen LogP contribution in [0.4, 0.5) is 15.8 Å². The van der Waals surface area contributed by atoms with Gasteiger partial charge in [-0.1, -0.05) is 43.7 Å². The maximum absolute atomic E-state index is 15.7. The first-order chi connectivity index (χ1) is 18.6. The summed E-state index contributed by atoms with van der Waals surface area (Å²) in [5, 5.41) is 16.9. The van der Waals surface area contributed by atoms with Crippen molar-refractivity contribution in [1.82, 2.24) is 9.88 Å². The third-order valence-corrected chi connectivity index (χ3v) is 8.62. The second-order valence-corrected chi connectivity index (χ2v) is 11.7. The number of carboxylic acids is 1. The van der Waals surface area contributed by atoms with Crippen molar-refractivity contribution in [3.63, 3.8) is 0 Å². The Morgan fingerprint density at radius 1 is 1.23 bits per heavy atom. The van der Waals surface area contributed by atoms with E-state index in [-0.39, 0.29) is 28.3 Å². The standard InChI is InChI=1S/C31H39FN4O3/c1-4-12-31(13-10-20(11-14-31)34-23-15-21(23)19-8-6-5-7-9-19)35-24-16-25-26(28(33)27(24)32)29(37)22(30(38)39)17-36(25)18(2)3/h5-9,16-18,20-21,23,34-35H,4,10-15,33H2,1-3H3,(H,38,39)/t20-,21-,23+,31-/m1/s1. The van der Waals surface area contributed by atoms with Gasteiger partial charge in [-0.2, -0.15) is 0 Å². The molecule has 8 heteroatoms. The number of nitrogens with two attached hydrogens (primary N) is 1. The highest BCUT2D eigenvalue weighted by Crippen LogP contribution is 2.43. The van der Waals surface area contributed by atoms with E-state index in [1.54, 1.807) is 10.6 Å². The van der Waals surface area contributed by atoms with Crippen molar-refractivity contribution in [1.29, 1.82) is 0 Å². The number of anilines is 2. The zero-order chi connectivity index (χ0) is 27.9. The first kappa shape index (κ1) is 27.2. The number of benzene rings is 2. The highest BCUT2D eigenvalue weighted by atomic mass is 19.1. The monoisotopic (exact) mass is 534 g/mol. The maximum Gasteiger partial charge on any atom is 0.341 e. The molecule has 39 heavy (non-hydrogen) atoms. The molecule has 208 valence electrons. The van der Waals surface area contributed by atoms with E-state index in [0.29, 0.717) is 23.5 Å². The number of carboxylic acid groups (broad SMARTS) is 1. The number of halogens is 1. The average molecular weight is 535 g/mol. The molecule has 2 aliphatic rings. The van der Waals surface area contributed by atoms with Crippen LogP contribution < -0.4 is 21.8 Å². The minimum absolute atomic E-state index is 0.0819. The third-order valence-electron chi connectivity index (χ3n) is 8.62.